The van der Waals surface area contributed by atoms with Crippen molar-refractivity contribution < 1.29 is 37.6 Å². The van der Waals surface area contributed by atoms with Crippen molar-refractivity contribution in [2.24, 2.45) is 0 Å². The number of carboxylic acids is 1. The molecule has 1 unspecified atom stereocenters. The number of aliphatic carboxylic acids is 1. The number of nitrogens with one attached hydrogen (secondary N) is 1. The second-order valence-electron chi connectivity index (χ2n) is 7.43. The Morgan fingerprint density at radius 1 is 1.24 bits per heavy atom. The number of aliphatic hydroxyl groups is 1. The summed E-state index contributed by atoms with van der Waals surface area (Å²) in [6.07, 6.45) is -1.48. The number of carbonyl (C=O) groups excluding carboxylic acids is 2. The van der Waals surface area contributed by atoms with Crippen LogP contribution in [-0.4, -0.2) is 148 Å². The van der Waals surface area contributed by atoms with Crippen LogP contribution in [-0.2, 0) is 30.4 Å². The summed E-state index contributed by atoms with van der Waals surface area (Å²) in [7, 11) is -4.40. The molecule has 2 radical (unpaired) electrons. The van der Waals surface area contributed by atoms with E-state index in [0.29, 0.717) is 11.1 Å². The third-order valence-corrected chi connectivity index (χ3v) is 8.03. The topological polar surface area (TPSA) is 205 Å². The second-order valence-corrected chi connectivity index (χ2v) is 10.9. The molecule has 1 aromatic heterocycles. The van der Waals surface area contributed by atoms with E-state index in [2.05, 4.69) is 20.8 Å². The standard InChI is InChI=1S/C18H18N6O8S3.2Na/c25-13(9-4-2-1-3-5-9)14(26)19-11-15(27)24-12(17(28)29)10(6-33-16(11)24)7-34-18-20-21-22-23(18)8-35(30,31)32;;/h1-5,11,13,16,25H,6-8H2,(H,19,26)(H,28,29)(H,30,31,32);;/t11-,13?,16-;;/m1../s1. The Morgan fingerprint density at radius 2 is 1.92 bits per heavy atom. The van der Waals surface area contributed by atoms with Crippen molar-refractivity contribution in [1.29, 1.82) is 0 Å². The number of carboxylic acid groups (broad SMARTS) is 1. The Kier molecular flexibility index (Phi) is 11.7. The van der Waals surface area contributed by atoms with Crippen LogP contribution in [0.3, 0.4) is 0 Å². The molecule has 14 nitrogen and oxygen atoms in total. The quantitative estimate of drug-likeness (QED) is 0.112. The summed E-state index contributed by atoms with van der Waals surface area (Å²) in [6.45, 7) is 0. The maximum atomic E-state index is 12.8. The van der Waals surface area contributed by atoms with Gasteiger partial charge in [0.05, 0.1) is 0 Å². The fourth-order valence-corrected chi connectivity index (χ4v) is 6.43. The predicted octanol–water partition coefficient (Wildman–Crippen LogP) is -1.68. The van der Waals surface area contributed by atoms with Gasteiger partial charge in [-0.2, -0.15) is 8.42 Å². The first kappa shape index (κ1) is 32.2. The summed E-state index contributed by atoms with van der Waals surface area (Å²) < 4.78 is 32.0. The number of β-lactam (4-membered cyclic amide) rings is 1. The molecule has 0 bridgehead atoms. The van der Waals surface area contributed by atoms with Crippen LogP contribution in [0.5, 0.6) is 0 Å². The van der Waals surface area contributed by atoms with Crippen LogP contribution in [0, 0.1) is 0 Å². The Bertz CT molecular complexity index is 1310. The predicted molar refractivity (Wildman–Crippen MR) is 133 cm³/mol. The van der Waals surface area contributed by atoms with E-state index < -0.39 is 51.3 Å². The number of amides is 2. The molecule has 2 amide bonds. The van der Waals surface area contributed by atoms with Gasteiger partial charge in [-0.15, -0.1) is 16.9 Å². The third kappa shape index (κ3) is 7.36. The number of tetrazole rings is 1. The fourth-order valence-electron chi connectivity index (χ4n) is 3.50. The molecule has 4 N–H and O–H groups in total. The van der Waals surface area contributed by atoms with E-state index in [1.165, 1.54) is 11.8 Å². The maximum absolute atomic E-state index is 12.8. The van der Waals surface area contributed by atoms with Gasteiger partial charge in [0.2, 0.25) is 5.16 Å². The van der Waals surface area contributed by atoms with Gasteiger partial charge >= 0.3 is 5.97 Å². The zero-order valence-electron chi connectivity index (χ0n) is 19.6. The Hall–Kier alpha value is -0.990. The van der Waals surface area contributed by atoms with Gasteiger partial charge in [-0.1, -0.05) is 42.1 Å². The summed E-state index contributed by atoms with van der Waals surface area (Å²) in [5.74, 6) is -3.39. The Balaban J connectivity index is 0.00000241. The molecule has 1 saturated heterocycles. The smallest absolute Gasteiger partial charge is 0.352 e. The van der Waals surface area contributed by atoms with Crippen molar-refractivity contribution in [2.75, 3.05) is 11.5 Å². The number of hydrogen-bond acceptors (Lipinski definition) is 11. The van der Waals surface area contributed by atoms with Gasteiger partial charge in [0.15, 0.2) is 12.0 Å². The van der Waals surface area contributed by atoms with Crippen LogP contribution in [0.2, 0.25) is 0 Å². The normalized spacial score (nSPS) is 19.6. The minimum Gasteiger partial charge on any atom is -0.477 e. The van der Waals surface area contributed by atoms with Crippen molar-refractivity contribution in [3.63, 3.8) is 0 Å². The van der Waals surface area contributed by atoms with Crippen molar-refractivity contribution in [1.82, 2.24) is 30.4 Å². The minimum atomic E-state index is -4.40. The SMILES string of the molecule is O=C(O)C1=C(CSc2nnnn2CS(=O)(=O)O)CS[C@@H]2[C@H](NC(=O)C(O)c3ccccc3)C(=O)N12.[Na].[Na]. The molecule has 0 aliphatic carbocycles. The molecule has 37 heavy (non-hydrogen) atoms. The summed E-state index contributed by atoms with van der Waals surface area (Å²) in [6, 6.07) is 7.17. The van der Waals surface area contributed by atoms with Crippen LogP contribution in [0.4, 0.5) is 0 Å². The van der Waals surface area contributed by atoms with E-state index in [0.717, 1.165) is 21.3 Å². The second kappa shape index (κ2) is 13.4. The largest absolute Gasteiger partial charge is 0.477 e. The number of aliphatic hydroxyl groups excluding tert-OH is 1. The van der Waals surface area contributed by atoms with E-state index >= 15 is 0 Å². The average Bonchev–Trinajstić information content (AvgIpc) is 3.25. The zero-order chi connectivity index (χ0) is 25.3. The fraction of sp³-hybridized carbons (Fsp3) is 0.333. The molecule has 2 aliphatic heterocycles. The summed E-state index contributed by atoms with van der Waals surface area (Å²) >= 11 is 2.17. The molecule has 0 spiro atoms. The first-order valence-corrected chi connectivity index (χ1v) is 13.5. The van der Waals surface area contributed by atoms with E-state index in [1.54, 1.807) is 30.3 Å². The number of nitrogens with zero attached hydrogens (tertiary/aromatic N) is 5. The number of hydrogen-bond donors (Lipinski definition) is 4. The molecule has 3 heterocycles. The zero-order valence-corrected chi connectivity index (χ0v) is 26.0. The molecule has 4 rings (SSSR count). The van der Waals surface area contributed by atoms with Gasteiger partial charge in [0, 0.05) is 70.6 Å². The van der Waals surface area contributed by atoms with Crippen LogP contribution in [0.15, 0.2) is 46.8 Å². The molecule has 1 aromatic carbocycles. The monoisotopic (exact) mass is 588 g/mol. The van der Waals surface area contributed by atoms with Crippen molar-refractivity contribution in [3.8, 4) is 0 Å². The van der Waals surface area contributed by atoms with Crippen LogP contribution >= 0.6 is 23.5 Å². The third-order valence-electron chi connectivity index (χ3n) is 5.07. The minimum absolute atomic E-state index is 0. The number of carbonyl (C=O) groups is 3. The van der Waals surface area contributed by atoms with Gasteiger partial charge in [0.1, 0.15) is 17.1 Å². The first-order chi connectivity index (χ1) is 16.6. The van der Waals surface area contributed by atoms with E-state index in [4.69, 9.17) is 4.55 Å². The van der Waals surface area contributed by atoms with Crippen molar-refractivity contribution in [3.05, 3.63) is 47.2 Å². The molecule has 19 heteroatoms. The molecular formula is C18H18N6Na2O8S3. The van der Waals surface area contributed by atoms with Crippen LogP contribution in [0.1, 0.15) is 11.7 Å². The van der Waals surface area contributed by atoms with Gasteiger partial charge in [-0.05, 0) is 21.6 Å². The number of thioether (sulfide) groups is 2. The molecule has 2 aromatic rings. The summed E-state index contributed by atoms with van der Waals surface area (Å²) in [5, 5.41) is 32.4. The number of rotatable bonds is 9. The molecule has 188 valence electrons. The van der Waals surface area contributed by atoms with Gasteiger partial charge in [-0.3, -0.25) is 19.0 Å². The van der Waals surface area contributed by atoms with Gasteiger partial charge in [-0.25, -0.2) is 9.48 Å². The molecule has 0 saturated carbocycles. The Morgan fingerprint density at radius 3 is 2.54 bits per heavy atom. The van der Waals surface area contributed by atoms with E-state index in [9.17, 15) is 33.0 Å². The van der Waals surface area contributed by atoms with E-state index in [-0.39, 0.29) is 81.5 Å². The van der Waals surface area contributed by atoms with Gasteiger partial charge in [0.25, 0.3) is 21.9 Å². The molecule has 2 aliphatic rings. The summed E-state index contributed by atoms with van der Waals surface area (Å²) in [5.41, 5.74) is 0.480. The average molecular weight is 589 g/mol. The van der Waals surface area contributed by atoms with Gasteiger partial charge < -0.3 is 15.5 Å². The van der Waals surface area contributed by atoms with Crippen LogP contribution in [0.25, 0.3) is 0 Å². The molecular weight excluding hydrogens is 570 g/mol. The number of fused-ring (bicyclic) bond motifs is 1. The van der Waals surface area contributed by atoms with Crippen molar-refractivity contribution >= 4 is 111 Å². The number of benzene rings is 1. The first-order valence-electron chi connectivity index (χ1n) is 9.84. The molecule has 3 atom stereocenters. The number of aromatic nitrogens is 4. The van der Waals surface area contributed by atoms with Crippen molar-refractivity contribution in [2.45, 2.75) is 28.6 Å². The van der Waals surface area contributed by atoms with Crippen LogP contribution < -0.4 is 5.32 Å². The maximum Gasteiger partial charge on any atom is 0.352 e. The molecule has 1 fully saturated rings. The summed E-state index contributed by atoms with van der Waals surface area (Å²) in [4.78, 5) is 38.3. The van der Waals surface area contributed by atoms with E-state index in [1.807, 2.05) is 0 Å². The Labute approximate surface area is 263 Å².